The van der Waals surface area contributed by atoms with Gasteiger partial charge >= 0.3 is 0 Å². The highest BCUT2D eigenvalue weighted by Crippen LogP contribution is 2.62. The highest BCUT2D eigenvalue weighted by Gasteiger charge is 2.60. The second-order valence-electron chi connectivity index (χ2n) is 8.12. The minimum atomic E-state index is -0.227. The Labute approximate surface area is 126 Å². The summed E-state index contributed by atoms with van der Waals surface area (Å²) in [5.41, 5.74) is -0.106. The van der Waals surface area contributed by atoms with Crippen molar-refractivity contribution < 1.29 is 9.59 Å². The van der Waals surface area contributed by atoms with Gasteiger partial charge in [-0.2, -0.15) is 0 Å². The molecule has 2 saturated carbocycles. The molecule has 0 bridgehead atoms. The average molecular weight is 284 g/mol. The van der Waals surface area contributed by atoms with Crippen LogP contribution in [-0.2, 0) is 9.59 Å². The maximum Gasteiger partial charge on any atom is 0.161 e. The first-order chi connectivity index (χ1) is 9.97. The van der Waals surface area contributed by atoms with E-state index >= 15 is 0 Å². The summed E-state index contributed by atoms with van der Waals surface area (Å²) in [6.07, 6.45) is 13.1. The monoisotopic (exact) mass is 284 g/mol. The van der Waals surface area contributed by atoms with Crippen LogP contribution in [-0.4, -0.2) is 11.6 Å². The van der Waals surface area contributed by atoms with Crippen LogP contribution in [0.5, 0.6) is 0 Å². The van der Waals surface area contributed by atoms with E-state index in [1.165, 1.54) is 0 Å². The minimum absolute atomic E-state index is 0.121. The first kappa shape index (κ1) is 13.5. The van der Waals surface area contributed by atoms with Gasteiger partial charge in [0.15, 0.2) is 5.78 Å². The van der Waals surface area contributed by atoms with E-state index in [0.717, 1.165) is 25.7 Å². The van der Waals surface area contributed by atoms with Crippen LogP contribution in [0, 0.1) is 34.5 Å². The van der Waals surface area contributed by atoms with E-state index in [2.05, 4.69) is 32.1 Å². The fourth-order valence-corrected chi connectivity index (χ4v) is 5.94. The zero-order valence-electron chi connectivity index (χ0n) is 13.0. The average Bonchev–Trinajstić information content (AvgIpc) is 2.75. The van der Waals surface area contributed by atoms with Gasteiger partial charge in [-0.1, -0.05) is 32.1 Å². The Morgan fingerprint density at radius 1 is 1.19 bits per heavy atom. The van der Waals surface area contributed by atoms with Crippen molar-refractivity contribution >= 4 is 11.6 Å². The van der Waals surface area contributed by atoms with Crippen molar-refractivity contribution in [2.45, 2.75) is 46.0 Å². The molecule has 0 aliphatic heterocycles. The van der Waals surface area contributed by atoms with E-state index in [4.69, 9.17) is 0 Å². The van der Waals surface area contributed by atoms with Gasteiger partial charge in [-0.3, -0.25) is 9.59 Å². The molecule has 0 saturated heterocycles. The van der Waals surface area contributed by atoms with Crippen molar-refractivity contribution in [3.63, 3.8) is 0 Å². The maximum absolute atomic E-state index is 12.7. The summed E-state index contributed by atoms with van der Waals surface area (Å²) in [6, 6.07) is 0. The summed E-state index contributed by atoms with van der Waals surface area (Å²) in [4.78, 5) is 25.0. The summed E-state index contributed by atoms with van der Waals surface area (Å²) in [7, 11) is 0. The zero-order valence-corrected chi connectivity index (χ0v) is 13.0. The molecule has 0 heterocycles. The van der Waals surface area contributed by atoms with Crippen molar-refractivity contribution in [2.75, 3.05) is 0 Å². The molecule has 4 aliphatic rings. The quantitative estimate of drug-likeness (QED) is 0.635. The Morgan fingerprint density at radius 3 is 2.81 bits per heavy atom. The topological polar surface area (TPSA) is 34.1 Å². The maximum atomic E-state index is 12.7. The third-order valence-electron chi connectivity index (χ3n) is 7.27. The van der Waals surface area contributed by atoms with Crippen LogP contribution in [0.2, 0.25) is 0 Å². The Hall–Kier alpha value is -1.18. The number of carbonyl (C=O) groups excluding carboxylic acids is 2. The van der Waals surface area contributed by atoms with Gasteiger partial charge < -0.3 is 0 Å². The van der Waals surface area contributed by atoms with Gasteiger partial charge in [-0.05, 0) is 54.9 Å². The summed E-state index contributed by atoms with van der Waals surface area (Å²) < 4.78 is 0. The van der Waals surface area contributed by atoms with Crippen molar-refractivity contribution in [2.24, 2.45) is 34.5 Å². The molecule has 0 N–H and O–H groups in total. The van der Waals surface area contributed by atoms with Gasteiger partial charge in [-0.15, -0.1) is 0 Å². The van der Waals surface area contributed by atoms with E-state index in [0.29, 0.717) is 24.0 Å². The van der Waals surface area contributed by atoms with E-state index in [1.807, 2.05) is 0 Å². The number of allylic oxidation sites excluding steroid dienone is 4. The number of hydrogen-bond acceptors (Lipinski definition) is 2. The molecular formula is C19H24O2. The standard InChI is InChI=1S/C19H24O2/c1-18-9-4-3-5-15(18)16(20)11-12-13-6-7-17(21)19(13,2)10-8-14(12)18/h3-4,6-7,12-15H,5,8-11H2,1-2H3/t12-,13-,14-,15+,18+,19-/m0/s1. The molecule has 0 aromatic rings. The minimum Gasteiger partial charge on any atom is -0.299 e. The molecular weight excluding hydrogens is 260 g/mol. The fraction of sp³-hybridized carbons (Fsp3) is 0.684. The lowest BCUT2D eigenvalue weighted by Gasteiger charge is -2.57. The smallest absolute Gasteiger partial charge is 0.161 e. The van der Waals surface area contributed by atoms with Crippen LogP contribution in [0.1, 0.15) is 46.0 Å². The second kappa shape index (κ2) is 4.18. The number of hydrogen-bond donors (Lipinski definition) is 0. The van der Waals surface area contributed by atoms with Crippen molar-refractivity contribution in [1.29, 1.82) is 0 Å². The van der Waals surface area contributed by atoms with Crippen LogP contribution in [0.3, 0.4) is 0 Å². The van der Waals surface area contributed by atoms with E-state index in [-0.39, 0.29) is 28.4 Å². The summed E-state index contributed by atoms with van der Waals surface area (Å²) >= 11 is 0. The molecule has 0 aromatic heterocycles. The zero-order chi connectivity index (χ0) is 14.8. The van der Waals surface area contributed by atoms with Gasteiger partial charge in [0.1, 0.15) is 5.78 Å². The molecule has 0 radical (unpaired) electrons. The predicted octanol–water partition coefficient (Wildman–Crippen LogP) is 3.72. The van der Waals surface area contributed by atoms with Gasteiger partial charge in [0.05, 0.1) is 0 Å². The molecule has 112 valence electrons. The summed E-state index contributed by atoms with van der Waals surface area (Å²) in [6.45, 7) is 4.45. The number of rotatable bonds is 0. The summed E-state index contributed by atoms with van der Waals surface area (Å²) in [5.74, 6) is 2.21. The SMILES string of the molecule is C[C@]12CC=CC[C@@H]1C(=O)C[C@@H]1[C@@H]2CC[C@]2(C)C(=O)C=C[C@@H]12. The van der Waals surface area contributed by atoms with Crippen LogP contribution in [0.15, 0.2) is 24.3 Å². The van der Waals surface area contributed by atoms with E-state index in [1.54, 1.807) is 6.08 Å². The molecule has 0 spiro atoms. The number of fused-ring (bicyclic) bond motifs is 5. The van der Waals surface area contributed by atoms with E-state index < -0.39 is 0 Å². The number of ketones is 2. The molecule has 0 amide bonds. The molecule has 4 rings (SSSR count). The molecule has 0 unspecified atom stereocenters. The lowest BCUT2D eigenvalue weighted by atomic mass is 9.45. The van der Waals surface area contributed by atoms with Crippen LogP contribution >= 0.6 is 0 Å². The van der Waals surface area contributed by atoms with Crippen molar-refractivity contribution in [3.05, 3.63) is 24.3 Å². The normalized spacial score (nSPS) is 51.5. The molecule has 2 heteroatoms. The highest BCUT2D eigenvalue weighted by atomic mass is 16.1. The fourth-order valence-electron chi connectivity index (χ4n) is 5.94. The summed E-state index contributed by atoms with van der Waals surface area (Å²) in [5, 5.41) is 0. The largest absolute Gasteiger partial charge is 0.299 e. The molecule has 4 aliphatic carbocycles. The van der Waals surface area contributed by atoms with Gasteiger partial charge in [0, 0.05) is 17.8 Å². The Bertz CT molecular complexity index is 572. The van der Waals surface area contributed by atoms with Gasteiger partial charge in [0.25, 0.3) is 0 Å². The first-order valence-corrected chi connectivity index (χ1v) is 8.37. The lowest BCUT2D eigenvalue weighted by Crippen LogP contribution is -2.55. The number of Topliss-reactive ketones (excluding diaryl/α,β-unsaturated/α-hetero) is 1. The lowest BCUT2D eigenvalue weighted by molar-refractivity contribution is -0.150. The van der Waals surface area contributed by atoms with Gasteiger partial charge in [0.2, 0.25) is 0 Å². The third kappa shape index (κ3) is 1.59. The Balaban J connectivity index is 1.75. The molecule has 2 fully saturated rings. The highest BCUT2D eigenvalue weighted by molar-refractivity contribution is 5.98. The molecule has 0 aromatic carbocycles. The Morgan fingerprint density at radius 2 is 2.00 bits per heavy atom. The number of carbonyl (C=O) groups is 2. The van der Waals surface area contributed by atoms with E-state index in [9.17, 15) is 9.59 Å². The van der Waals surface area contributed by atoms with Crippen molar-refractivity contribution in [3.8, 4) is 0 Å². The van der Waals surface area contributed by atoms with Crippen LogP contribution < -0.4 is 0 Å². The molecule has 21 heavy (non-hydrogen) atoms. The molecule has 2 nitrogen and oxygen atoms in total. The molecule has 6 atom stereocenters. The Kier molecular flexibility index (Phi) is 2.68. The van der Waals surface area contributed by atoms with Crippen molar-refractivity contribution in [1.82, 2.24) is 0 Å². The van der Waals surface area contributed by atoms with Gasteiger partial charge in [-0.25, -0.2) is 0 Å². The third-order valence-corrected chi connectivity index (χ3v) is 7.27. The van der Waals surface area contributed by atoms with Crippen LogP contribution in [0.4, 0.5) is 0 Å². The van der Waals surface area contributed by atoms with Crippen LogP contribution in [0.25, 0.3) is 0 Å². The predicted molar refractivity (Wildman–Crippen MR) is 81.6 cm³/mol. The second-order valence-corrected chi connectivity index (χ2v) is 8.12. The first-order valence-electron chi connectivity index (χ1n) is 8.37.